The van der Waals surface area contributed by atoms with E-state index in [0.29, 0.717) is 17.3 Å². The van der Waals surface area contributed by atoms with E-state index in [1.54, 1.807) is 0 Å². The van der Waals surface area contributed by atoms with E-state index in [0.717, 1.165) is 0 Å². The Labute approximate surface area is 137 Å². The molecule has 1 amide bonds. The van der Waals surface area contributed by atoms with E-state index in [9.17, 15) is 9.59 Å². The van der Waals surface area contributed by atoms with Gasteiger partial charge in [-0.25, -0.2) is 0 Å². The lowest BCUT2D eigenvalue weighted by Gasteiger charge is -2.09. The molecule has 0 aliphatic carbocycles. The molecule has 0 saturated carbocycles. The minimum atomic E-state index is -0.470. The van der Waals surface area contributed by atoms with Crippen LogP contribution in [0.1, 0.15) is 12.8 Å². The fourth-order valence-corrected chi connectivity index (χ4v) is 1.95. The predicted octanol–water partition coefficient (Wildman–Crippen LogP) is 3.56. The van der Waals surface area contributed by atoms with Gasteiger partial charge in [0.1, 0.15) is 6.61 Å². The topological polar surface area (TPSA) is 64.6 Å². The predicted molar refractivity (Wildman–Crippen MR) is 82.2 cm³/mol. The number of halogens is 3. The largest absolute Gasteiger partial charge is 0.463 e. The number of ether oxygens (including phenoxy) is 2. The van der Waals surface area contributed by atoms with E-state index in [1.165, 1.54) is 19.2 Å². The molecule has 0 unspecified atom stereocenters. The van der Waals surface area contributed by atoms with Crippen LogP contribution in [-0.4, -0.2) is 32.2 Å². The molecule has 0 fully saturated rings. The lowest BCUT2D eigenvalue weighted by atomic mass is 10.2. The maximum absolute atomic E-state index is 11.7. The molecule has 1 N–H and O–H groups in total. The third-order valence-corrected chi connectivity index (χ3v) is 3.43. The maximum Gasteiger partial charge on any atom is 0.306 e. The molecule has 1 aromatic rings. The first-order chi connectivity index (χ1) is 9.93. The van der Waals surface area contributed by atoms with Crippen molar-refractivity contribution >= 4 is 52.4 Å². The highest BCUT2D eigenvalue weighted by atomic mass is 35.5. The van der Waals surface area contributed by atoms with Crippen molar-refractivity contribution in [2.45, 2.75) is 12.8 Å². The third kappa shape index (κ3) is 6.52. The monoisotopic (exact) mass is 353 g/mol. The van der Waals surface area contributed by atoms with Crippen molar-refractivity contribution in [3.8, 4) is 0 Å². The molecule has 116 valence electrons. The highest BCUT2D eigenvalue weighted by Crippen LogP contribution is 2.32. The van der Waals surface area contributed by atoms with Crippen molar-refractivity contribution in [2.75, 3.05) is 25.6 Å². The van der Waals surface area contributed by atoms with Gasteiger partial charge in [-0.15, -0.1) is 0 Å². The van der Waals surface area contributed by atoms with Crippen LogP contribution in [0.3, 0.4) is 0 Å². The molecule has 0 saturated heterocycles. The number of benzene rings is 1. The Morgan fingerprint density at radius 2 is 1.71 bits per heavy atom. The molecular weight excluding hydrogens is 341 g/mol. The number of hydrogen-bond donors (Lipinski definition) is 1. The van der Waals surface area contributed by atoms with Crippen LogP contribution >= 0.6 is 34.8 Å². The summed E-state index contributed by atoms with van der Waals surface area (Å²) in [5.74, 6) is -0.846. The Balaban J connectivity index is 2.44. The normalized spacial score (nSPS) is 10.3. The standard InChI is InChI=1S/C13H14Cl3NO4/c1-20-4-5-21-13(19)3-2-12(18)17-11-7-9(15)8(14)6-10(11)16/h6-7H,2-5H2,1H3,(H,17,18). The Kier molecular flexibility index (Phi) is 7.82. The average molecular weight is 355 g/mol. The van der Waals surface area contributed by atoms with Crippen molar-refractivity contribution in [1.29, 1.82) is 0 Å². The number of amides is 1. The first-order valence-electron chi connectivity index (χ1n) is 6.03. The van der Waals surface area contributed by atoms with Gasteiger partial charge in [0.2, 0.25) is 5.91 Å². The molecule has 5 nitrogen and oxygen atoms in total. The molecule has 0 aliphatic rings. The van der Waals surface area contributed by atoms with Crippen LogP contribution < -0.4 is 5.32 Å². The minimum absolute atomic E-state index is 0.0254. The van der Waals surface area contributed by atoms with Crippen LogP contribution in [0, 0.1) is 0 Å². The molecule has 0 bridgehead atoms. The third-order valence-electron chi connectivity index (χ3n) is 2.39. The molecule has 0 heterocycles. The van der Waals surface area contributed by atoms with Gasteiger partial charge in [-0.2, -0.15) is 0 Å². The van der Waals surface area contributed by atoms with Crippen molar-refractivity contribution in [3.05, 3.63) is 27.2 Å². The molecule has 0 spiro atoms. The van der Waals surface area contributed by atoms with E-state index in [2.05, 4.69) is 5.32 Å². The van der Waals surface area contributed by atoms with E-state index >= 15 is 0 Å². The highest BCUT2D eigenvalue weighted by Gasteiger charge is 2.11. The van der Waals surface area contributed by atoms with Crippen LogP contribution in [-0.2, 0) is 19.1 Å². The summed E-state index contributed by atoms with van der Waals surface area (Å²) in [4.78, 5) is 23.0. The maximum atomic E-state index is 11.7. The van der Waals surface area contributed by atoms with Gasteiger partial charge < -0.3 is 14.8 Å². The van der Waals surface area contributed by atoms with Crippen LogP contribution in [0.25, 0.3) is 0 Å². The number of esters is 1. The Bertz CT molecular complexity index is 522. The van der Waals surface area contributed by atoms with E-state index in [-0.39, 0.29) is 35.4 Å². The molecule has 0 aromatic heterocycles. The Morgan fingerprint density at radius 1 is 1.05 bits per heavy atom. The van der Waals surface area contributed by atoms with Gasteiger partial charge in [0.25, 0.3) is 0 Å². The van der Waals surface area contributed by atoms with E-state index in [4.69, 9.17) is 44.3 Å². The Hall–Kier alpha value is -1.01. The summed E-state index contributed by atoms with van der Waals surface area (Å²) in [6, 6.07) is 2.88. The molecular formula is C13H14Cl3NO4. The average Bonchev–Trinajstić information content (AvgIpc) is 2.43. The fourth-order valence-electron chi connectivity index (χ4n) is 1.36. The summed E-state index contributed by atoms with van der Waals surface area (Å²) < 4.78 is 9.57. The quantitative estimate of drug-likeness (QED) is 0.462. The zero-order valence-electron chi connectivity index (χ0n) is 11.3. The number of anilines is 1. The number of nitrogens with one attached hydrogen (secondary N) is 1. The number of rotatable bonds is 7. The zero-order valence-corrected chi connectivity index (χ0v) is 13.5. The van der Waals surface area contributed by atoms with Gasteiger partial charge in [0, 0.05) is 13.5 Å². The molecule has 1 rings (SSSR count). The molecule has 8 heteroatoms. The summed E-state index contributed by atoms with van der Waals surface area (Å²) in [5.41, 5.74) is 0.337. The van der Waals surface area contributed by atoms with Gasteiger partial charge in [-0.1, -0.05) is 34.8 Å². The second-order valence-electron chi connectivity index (χ2n) is 4.01. The zero-order chi connectivity index (χ0) is 15.8. The SMILES string of the molecule is COCCOC(=O)CCC(=O)Nc1cc(Cl)c(Cl)cc1Cl. The van der Waals surface area contributed by atoms with E-state index in [1.807, 2.05) is 0 Å². The van der Waals surface area contributed by atoms with Gasteiger partial charge >= 0.3 is 5.97 Å². The summed E-state index contributed by atoms with van der Waals surface area (Å²) >= 11 is 17.6. The van der Waals surface area contributed by atoms with Crippen molar-refractivity contribution in [2.24, 2.45) is 0 Å². The molecule has 21 heavy (non-hydrogen) atoms. The van der Waals surface area contributed by atoms with E-state index < -0.39 is 5.97 Å². The van der Waals surface area contributed by atoms with Crippen LogP contribution in [0.5, 0.6) is 0 Å². The lowest BCUT2D eigenvalue weighted by molar-refractivity contribution is -0.145. The summed E-state index contributed by atoms with van der Waals surface area (Å²) in [6.45, 7) is 0.479. The summed E-state index contributed by atoms with van der Waals surface area (Å²) in [5, 5.41) is 3.39. The van der Waals surface area contributed by atoms with Crippen molar-refractivity contribution in [3.63, 3.8) is 0 Å². The second-order valence-corrected chi connectivity index (χ2v) is 5.23. The lowest BCUT2D eigenvalue weighted by Crippen LogP contribution is -2.16. The smallest absolute Gasteiger partial charge is 0.306 e. The highest BCUT2D eigenvalue weighted by molar-refractivity contribution is 6.44. The van der Waals surface area contributed by atoms with Crippen molar-refractivity contribution in [1.82, 2.24) is 0 Å². The number of carbonyl (C=O) groups excluding carboxylic acids is 2. The number of hydrogen-bond acceptors (Lipinski definition) is 4. The first-order valence-corrected chi connectivity index (χ1v) is 7.16. The number of carbonyl (C=O) groups is 2. The molecule has 1 aromatic carbocycles. The fraction of sp³-hybridized carbons (Fsp3) is 0.385. The van der Waals surface area contributed by atoms with Crippen molar-refractivity contribution < 1.29 is 19.1 Å². The first kappa shape index (κ1) is 18.0. The number of methoxy groups -OCH3 is 1. The second kappa shape index (κ2) is 9.10. The molecule has 0 radical (unpaired) electrons. The molecule has 0 atom stereocenters. The minimum Gasteiger partial charge on any atom is -0.463 e. The summed E-state index contributed by atoms with van der Waals surface area (Å²) in [7, 11) is 1.50. The van der Waals surface area contributed by atoms with Crippen LogP contribution in [0.4, 0.5) is 5.69 Å². The van der Waals surface area contributed by atoms with Crippen LogP contribution in [0.15, 0.2) is 12.1 Å². The van der Waals surface area contributed by atoms with Gasteiger partial charge in [0.15, 0.2) is 0 Å². The summed E-state index contributed by atoms with van der Waals surface area (Å²) in [6.07, 6.45) is -0.0587. The van der Waals surface area contributed by atoms with Gasteiger partial charge in [0.05, 0.1) is 33.8 Å². The van der Waals surface area contributed by atoms with Gasteiger partial charge in [-0.3, -0.25) is 9.59 Å². The Morgan fingerprint density at radius 3 is 2.38 bits per heavy atom. The molecule has 0 aliphatic heterocycles. The van der Waals surface area contributed by atoms with Crippen LogP contribution in [0.2, 0.25) is 15.1 Å². The van der Waals surface area contributed by atoms with Gasteiger partial charge in [-0.05, 0) is 12.1 Å².